The van der Waals surface area contributed by atoms with Gasteiger partial charge in [-0.25, -0.2) is 0 Å². The lowest BCUT2D eigenvalue weighted by Gasteiger charge is -2.23. The molecule has 3 rings (SSSR count). The van der Waals surface area contributed by atoms with Gasteiger partial charge in [0.05, 0.1) is 25.2 Å². The van der Waals surface area contributed by atoms with Gasteiger partial charge in [-0.05, 0) is 38.1 Å². The van der Waals surface area contributed by atoms with Crippen LogP contribution in [-0.4, -0.2) is 55.3 Å². The summed E-state index contributed by atoms with van der Waals surface area (Å²) in [6, 6.07) is 3.69. The number of carbonyl (C=O) groups excluding carboxylic acids is 1. The van der Waals surface area contributed by atoms with Crippen molar-refractivity contribution in [3.63, 3.8) is 0 Å². The summed E-state index contributed by atoms with van der Waals surface area (Å²) in [4.78, 5) is 27.8. The van der Waals surface area contributed by atoms with E-state index < -0.39 is 0 Å². The van der Waals surface area contributed by atoms with E-state index in [9.17, 15) is 9.59 Å². The highest BCUT2D eigenvalue weighted by molar-refractivity contribution is 6.07. The van der Waals surface area contributed by atoms with Crippen LogP contribution in [0.4, 0.5) is 0 Å². The molecule has 7 nitrogen and oxygen atoms in total. The van der Waals surface area contributed by atoms with Crippen molar-refractivity contribution in [2.45, 2.75) is 25.8 Å². The molecule has 0 bridgehead atoms. The maximum atomic E-state index is 12.9. The average molecular weight is 373 g/mol. The molecule has 2 heterocycles. The van der Waals surface area contributed by atoms with Gasteiger partial charge in [0.25, 0.3) is 11.5 Å². The highest BCUT2D eigenvalue weighted by Gasteiger charge is 2.24. The molecule has 146 valence electrons. The number of hydrogen-bond acceptors (Lipinski definition) is 5. The molecular weight excluding hydrogens is 346 g/mol. The number of aryl methyl sites for hydroxylation is 1. The number of aromatic nitrogens is 1. The Labute approximate surface area is 158 Å². The van der Waals surface area contributed by atoms with Crippen LogP contribution in [0.1, 0.15) is 30.1 Å². The van der Waals surface area contributed by atoms with Crippen molar-refractivity contribution in [1.82, 2.24) is 14.8 Å². The monoisotopic (exact) mass is 373 g/mol. The predicted octanol–water partition coefficient (Wildman–Crippen LogP) is 1.77. The lowest BCUT2D eigenvalue weighted by atomic mass is 10.1. The van der Waals surface area contributed by atoms with Crippen molar-refractivity contribution >= 4 is 16.7 Å². The van der Waals surface area contributed by atoms with Gasteiger partial charge in [0, 0.05) is 31.2 Å². The van der Waals surface area contributed by atoms with Crippen LogP contribution in [-0.2, 0) is 7.05 Å². The molecule has 1 saturated heterocycles. The standard InChI is InChI=1S/C20H27N3O4/c1-5-23-8-6-7-13(23)11-21-19(24)16-12-22(2)20(25)15-10-18(27-4)17(26-3)9-14(15)16/h9-10,12-13H,5-8,11H2,1-4H3,(H,21,24). The number of fused-ring (bicyclic) bond motifs is 1. The Kier molecular flexibility index (Phi) is 5.70. The number of rotatable bonds is 6. The van der Waals surface area contributed by atoms with Gasteiger partial charge >= 0.3 is 0 Å². The maximum Gasteiger partial charge on any atom is 0.258 e. The molecule has 1 aromatic carbocycles. The van der Waals surface area contributed by atoms with Crippen LogP contribution >= 0.6 is 0 Å². The number of likely N-dealkylation sites (tertiary alicyclic amines) is 1. The molecule has 1 N–H and O–H groups in total. The summed E-state index contributed by atoms with van der Waals surface area (Å²) >= 11 is 0. The first kappa shape index (κ1) is 19.2. The first-order chi connectivity index (χ1) is 13.0. The van der Waals surface area contributed by atoms with E-state index >= 15 is 0 Å². The lowest BCUT2D eigenvalue weighted by molar-refractivity contribution is 0.0942. The van der Waals surface area contributed by atoms with Gasteiger partial charge in [-0.1, -0.05) is 6.92 Å². The van der Waals surface area contributed by atoms with Crippen LogP contribution < -0.4 is 20.3 Å². The zero-order chi connectivity index (χ0) is 19.6. The number of ether oxygens (including phenoxy) is 2. The molecule has 0 saturated carbocycles. The minimum Gasteiger partial charge on any atom is -0.493 e. The van der Waals surface area contributed by atoms with E-state index in [1.165, 1.54) is 18.8 Å². The molecule has 0 aliphatic carbocycles. The van der Waals surface area contributed by atoms with E-state index in [0.29, 0.717) is 40.4 Å². The van der Waals surface area contributed by atoms with Crippen LogP contribution in [0.3, 0.4) is 0 Å². The van der Waals surface area contributed by atoms with E-state index in [1.807, 2.05) is 0 Å². The fourth-order valence-electron chi connectivity index (χ4n) is 3.82. The maximum absolute atomic E-state index is 12.9. The van der Waals surface area contributed by atoms with Crippen LogP contribution in [0.15, 0.2) is 23.1 Å². The average Bonchev–Trinajstić information content (AvgIpc) is 3.15. The smallest absolute Gasteiger partial charge is 0.258 e. The third-order valence-electron chi connectivity index (χ3n) is 5.34. The molecule has 7 heteroatoms. The summed E-state index contributed by atoms with van der Waals surface area (Å²) in [7, 11) is 4.70. The Balaban J connectivity index is 1.96. The Hall–Kier alpha value is -2.54. The lowest BCUT2D eigenvalue weighted by Crippen LogP contribution is -2.40. The second-order valence-corrected chi connectivity index (χ2v) is 6.85. The molecule has 1 amide bonds. The van der Waals surface area contributed by atoms with E-state index in [2.05, 4.69) is 17.1 Å². The number of methoxy groups -OCH3 is 2. The molecule has 0 spiro atoms. The highest BCUT2D eigenvalue weighted by Crippen LogP contribution is 2.32. The van der Waals surface area contributed by atoms with E-state index in [4.69, 9.17) is 9.47 Å². The Morgan fingerprint density at radius 3 is 2.52 bits per heavy atom. The summed E-state index contributed by atoms with van der Waals surface area (Å²) in [5, 5.41) is 4.03. The van der Waals surface area contributed by atoms with E-state index in [-0.39, 0.29) is 11.5 Å². The molecule has 2 aromatic rings. The molecule has 0 radical (unpaired) electrons. The highest BCUT2D eigenvalue weighted by atomic mass is 16.5. The second-order valence-electron chi connectivity index (χ2n) is 6.85. The Morgan fingerprint density at radius 1 is 1.22 bits per heavy atom. The Morgan fingerprint density at radius 2 is 1.89 bits per heavy atom. The number of likely N-dealkylation sites (N-methyl/N-ethyl adjacent to an activating group) is 1. The largest absolute Gasteiger partial charge is 0.493 e. The summed E-state index contributed by atoms with van der Waals surface area (Å²) < 4.78 is 12.1. The molecule has 27 heavy (non-hydrogen) atoms. The SMILES string of the molecule is CCN1CCCC1CNC(=O)c1cn(C)c(=O)c2cc(OC)c(OC)cc12. The van der Waals surface area contributed by atoms with Crippen LogP contribution in [0, 0.1) is 0 Å². The third-order valence-corrected chi connectivity index (χ3v) is 5.34. The molecular formula is C20H27N3O4. The summed E-state index contributed by atoms with van der Waals surface area (Å²) in [6.45, 7) is 4.81. The number of hydrogen-bond donors (Lipinski definition) is 1. The molecule has 1 fully saturated rings. The van der Waals surface area contributed by atoms with Crippen molar-refractivity contribution in [1.29, 1.82) is 0 Å². The minimum absolute atomic E-state index is 0.185. The Bertz CT molecular complexity index is 906. The summed E-state index contributed by atoms with van der Waals surface area (Å²) in [5.74, 6) is 0.759. The number of nitrogens with one attached hydrogen (secondary N) is 1. The van der Waals surface area contributed by atoms with Crippen molar-refractivity contribution in [2.75, 3.05) is 33.9 Å². The zero-order valence-electron chi connectivity index (χ0n) is 16.4. The fourth-order valence-corrected chi connectivity index (χ4v) is 3.82. The number of carbonyl (C=O) groups is 1. The van der Waals surface area contributed by atoms with E-state index in [0.717, 1.165) is 25.9 Å². The van der Waals surface area contributed by atoms with Crippen molar-refractivity contribution < 1.29 is 14.3 Å². The van der Waals surface area contributed by atoms with Gasteiger partial charge < -0.3 is 19.4 Å². The first-order valence-electron chi connectivity index (χ1n) is 9.27. The molecule has 1 aliphatic heterocycles. The summed E-state index contributed by atoms with van der Waals surface area (Å²) in [6.07, 6.45) is 3.83. The summed E-state index contributed by atoms with van der Waals surface area (Å²) in [5.41, 5.74) is 0.268. The number of benzene rings is 1. The first-order valence-corrected chi connectivity index (χ1v) is 9.27. The van der Waals surface area contributed by atoms with Crippen molar-refractivity contribution in [2.24, 2.45) is 7.05 Å². The van der Waals surface area contributed by atoms with Crippen LogP contribution in [0.5, 0.6) is 11.5 Å². The third kappa shape index (κ3) is 3.64. The second kappa shape index (κ2) is 8.00. The number of pyridine rings is 1. The van der Waals surface area contributed by atoms with Crippen molar-refractivity contribution in [3.05, 3.63) is 34.2 Å². The molecule has 1 aromatic heterocycles. The topological polar surface area (TPSA) is 72.8 Å². The molecule has 1 aliphatic rings. The fraction of sp³-hybridized carbons (Fsp3) is 0.500. The van der Waals surface area contributed by atoms with Gasteiger partial charge in [0.15, 0.2) is 11.5 Å². The number of amides is 1. The van der Waals surface area contributed by atoms with Gasteiger partial charge in [-0.3, -0.25) is 14.5 Å². The zero-order valence-corrected chi connectivity index (χ0v) is 16.4. The molecule has 1 unspecified atom stereocenters. The predicted molar refractivity (Wildman–Crippen MR) is 105 cm³/mol. The van der Waals surface area contributed by atoms with Gasteiger partial charge in [0.2, 0.25) is 0 Å². The van der Waals surface area contributed by atoms with Crippen LogP contribution in [0.25, 0.3) is 10.8 Å². The quantitative estimate of drug-likeness (QED) is 0.836. The van der Waals surface area contributed by atoms with Gasteiger partial charge in [0.1, 0.15) is 0 Å². The van der Waals surface area contributed by atoms with Gasteiger partial charge in [-0.15, -0.1) is 0 Å². The normalized spacial score (nSPS) is 17.3. The van der Waals surface area contributed by atoms with Crippen LogP contribution in [0.2, 0.25) is 0 Å². The minimum atomic E-state index is -0.189. The van der Waals surface area contributed by atoms with Crippen molar-refractivity contribution in [3.8, 4) is 11.5 Å². The number of nitrogens with zero attached hydrogens (tertiary/aromatic N) is 2. The molecule has 1 atom stereocenters. The van der Waals surface area contributed by atoms with E-state index in [1.54, 1.807) is 25.4 Å². The van der Waals surface area contributed by atoms with Gasteiger partial charge in [-0.2, -0.15) is 0 Å².